The Labute approximate surface area is 191 Å². The molecule has 2 aromatic carbocycles. The molecule has 172 valence electrons. The Morgan fingerprint density at radius 2 is 1.91 bits per heavy atom. The van der Waals surface area contributed by atoms with Gasteiger partial charge in [0.2, 0.25) is 5.91 Å². The number of anilines is 1. The third-order valence-corrected chi connectivity index (χ3v) is 6.35. The van der Waals surface area contributed by atoms with Gasteiger partial charge in [-0.25, -0.2) is 0 Å². The Kier molecular flexibility index (Phi) is 5.90. The number of hydrogen-bond donors (Lipinski definition) is 1. The predicted molar refractivity (Wildman–Crippen MR) is 119 cm³/mol. The van der Waals surface area contributed by atoms with E-state index in [1.807, 2.05) is 18.2 Å². The molecule has 0 radical (unpaired) electrons. The lowest BCUT2D eigenvalue weighted by atomic mass is 9.88. The van der Waals surface area contributed by atoms with Crippen LogP contribution in [0.25, 0.3) is 0 Å². The van der Waals surface area contributed by atoms with Gasteiger partial charge >= 0.3 is 5.97 Å². The Bertz CT molecular complexity index is 1080. The summed E-state index contributed by atoms with van der Waals surface area (Å²) in [5.41, 5.74) is 3.02. The number of hydrogen-bond acceptors (Lipinski definition) is 6. The maximum Gasteiger partial charge on any atom is 0.311 e. The van der Waals surface area contributed by atoms with Crippen LogP contribution in [0.1, 0.15) is 36.4 Å². The highest BCUT2D eigenvalue weighted by Crippen LogP contribution is 2.36. The SMILES string of the molecule is O=C(COC(=O)[C@H]1CC(=O)N(c2ccc3c(c2)OCCO3)C1)N[C@H]1CCCc2ccccc21. The minimum absolute atomic E-state index is 0.0465. The zero-order valence-electron chi connectivity index (χ0n) is 18.2. The van der Waals surface area contributed by atoms with Crippen LogP contribution in [0.2, 0.25) is 0 Å². The quantitative estimate of drug-likeness (QED) is 0.704. The van der Waals surface area contributed by atoms with E-state index in [1.165, 1.54) is 5.56 Å². The summed E-state index contributed by atoms with van der Waals surface area (Å²) < 4.78 is 16.4. The van der Waals surface area contributed by atoms with E-state index in [0.717, 1.165) is 24.8 Å². The maximum absolute atomic E-state index is 12.6. The number of aryl methyl sites for hydroxylation is 1. The van der Waals surface area contributed by atoms with E-state index in [9.17, 15) is 14.4 Å². The number of carbonyl (C=O) groups excluding carboxylic acids is 3. The second-order valence-corrected chi connectivity index (χ2v) is 8.55. The van der Waals surface area contributed by atoms with Crippen LogP contribution >= 0.6 is 0 Å². The van der Waals surface area contributed by atoms with Crippen molar-refractivity contribution in [3.8, 4) is 11.5 Å². The van der Waals surface area contributed by atoms with Crippen LogP contribution in [-0.2, 0) is 25.5 Å². The molecule has 2 amide bonds. The number of nitrogens with one attached hydrogen (secondary N) is 1. The van der Waals surface area contributed by atoms with Crippen LogP contribution in [0.15, 0.2) is 42.5 Å². The Hall–Kier alpha value is -3.55. The van der Waals surface area contributed by atoms with Crippen LogP contribution < -0.4 is 19.7 Å². The van der Waals surface area contributed by atoms with Gasteiger partial charge in [0.1, 0.15) is 13.2 Å². The molecule has 2 atom stereocenters. The molecule has 0 unspecified atom stereocenters. The number of amides is 2. The van der Waals surface area contributed by atoms with E-state index >= 15 is 0 Å². The lowest BCUT2D eigenvalue weighted by Gasteiger charge is -2.26. The first-order chi connectivity index (χ1) is 16.1. The maximum atomic E-state index is 12.6. The van der Waals surface area contributed by atoms with Crippen molar-refractivity contribution in [1.82, 2.24) is 5.32 Å². The van der Waals surface area contributed by atoms with Crippen LogP contribution in [0.5, 0.6) is 11.5 Å². The summed E-state index contributed by atoms with van der Waals surface area (Å²) >= 11 is 0. The summed E-state index contributed by atoms with van der Waals surface area (Å²) in [6.07, 6.45) is 2.91. The van der Waals surface area contributed by atoms with Gasteiger partial charge in [-0.15, -0.1) is 0 Å². The van der Waals surface area contributed by atoms with E-state index < -0.39 is 11.9 Å². The van der Waals surface area contributed by atoms with Crippen molar-refractivity contribution < 1.29 is 28.6 Å². The summed E-state index contributed by atoms with van der Waals surface area (Å²) in [5, 5.41) is 2.97. The highest BCUT2D eigenvalue weighted by Gasteiger charge is 2.37. The molecule has 8 heteroatoms. The molecular formula is C25H26N2O6. The number of fused-ring (bicyclic) bond motifs is 2. The second-order valence-electron chi connectivity index (χ2n) is 8.55. The minimum Gasteiger partial charge on any atom is -0.486 e. The van der Waals surface area contributed by atoms with Gasteiger partial charge < -0.3 is 24.4 Å². The lowest BCUT2D eigenvalue weighted by molar-refractivity contribution is -0.152. The zero-order valence-corrected chi connectivity index (χ0v) is 18.2. The first-order valence-corrected chi connectivity index (χ1v) is 11.3. The standard InChI is InChI=1S/C25H26N2O6/c28-23(26-20-7-3-5-16-4-1-2-6-19(16)20)15-33-25(30)17-12-24(29)27(14-17)18-8-9-21-22(13-18)32-11-10-31-21/h1-2,4,6,8-9,13,17,20H,3,5,7,10-12,14-15H2,(H,26,28)/t17-,20-/m0/s1. The molecule has 1 fully saturated rings. The van der Waals surface area contributed by atoms with Gasteiger partial charge in [-0.2, -0.15) is 0 Å². The summed E-state index contributed by atoms with van der Waals surface area (Å²) in [5.74, 6) is -0.441. The average molecular weight is 450 g/mol. The molecule has 2 heterocycles. The van der Waals surface area contributed by atoms with Gasteiger partial charge in [0.05, 0.1) is 12.0 Å². The van der Waals surface area contributed by atoms with Crippen molar-refractivity contribution in [3.63, 3.8) is 0 Å². The molecule has 0 saturated carbocycles. The monoisotopic (exact) mass is 450 g/mol. The summed E-state index contributed by atoms with van der Waals surface area (Å²) in [7, 11) is 0. The Morgan fingerprint density at radius 1 is 1.09 bits per heavy atom. The van der Waals surface area contributed by atoms with Gasteiger partial charge in [-0.1, -0.05) is 24.3 Å². The first kappa shape index (κ1) is 21.3. The second kappa shape index (κ2) is 9.13. The minimum atomic E-state index is -0.617. The van der Waals surface area contributed by atoms with Gasteiger partial charge in [0.15, 0.2) is 18.1 Å². The largest absolute Gasteiger partial charge is 0.486 e. The molecule has 0 aromatic heterocycles. The van der Waals surface area contributed by atoms with Crippen molar-refractivity contribution >= 4 is 23.5 Å². The van der Waals surface area contributed by atoms with E-state index in [-0.39, 0.29) is 37.4 Å². The molecule has 3 aliphatic rings. The predicted octanol–water partition coefficient (Wildman–Crippen LogP) is 2.55. The molecule has 33 heavy (non-hydrogen) atoms. The fourth-order valence-electron chi connectivity index (χ4n) is 4.71. The van der Waals surface area contributed by atoms with Gasteiger partial charge in [-0.05, 0) is 42.5 Å². The van der Waals surface area contributed by atoms with E-state index in [4.69, 9.17) is 14.2 Å². The van der Waals surface area contributed by atoms with Gasteiger partial charge in [0, 0.05) is 24.7 Å². The molecule has 1 aliphatic carbocycles. The fourth-order valence-corrected chi connectivity index (χ4v) is 4.71. The highest BCUT2D eigenvalue weighted by molar-refractivity contribution is 6.00. The molecule has 5 rings (SSSR count). The lowest BCUT2D eigenvalue weighted by Crippen LogP contribution is -2.35. The van der Waals surface area contributed by atoms with E-state index in [1.54, 1.807) is 23.1 Å². The topological polar surface area (TPSA) is 94.2 Å². The van der Waals surface area contributed by atoms with Crippen LogP contribution in [0.4, 0.5) is 5.69 Å². The normalized spacial score (nSPS) is 21.3. The van der Waals surface area contributed by atoms with Crippen molar-refractivity contribution in [2.24, 2.45) is 5.92 Å². The van der Waals surface area contributed by atoms with Crippen LogP contribution in [0, 0.1) is 5.92 Å². The number of rotatable bonds is 5. The fraction of sp³-hybridized carbons (Fsp3) is 0.400. The molecular weight excluding hydrogens is 424 g/mol. The summed E-state index contributed by atoms with van der Waals surface area (Å²) in [6.45, 7) is 0.790. The number of ether oxygens (including phenoxy) is 3. The number of carbonyl (C=O) groups is 3. The molecule has 1 saturated heterocycles. The summed E-state index contributed by atoms with van der Waals surface area (Å²) in [4.78, 5) is 39.1. The molecule has 0 spiro atoms. The van der Waals surface area contributed by atoms with E-state index in [0.29, 0.717) is 30.4 Å². The summed E-state index contributed by atoms with van der Waals surface area (Å²) in [6, 6.07) is 13.3. The van der Waals surface area contributed by atoms with Crippen molar-refractivity contribution in [2.75, 3.05) is 31.3 Å². The third kappa shape index (κ3) is 4.51. The number of benzene rings is 2. The van der Waals surface area contributed by atoms with Crippen molar-refractivity contribution in [1.29, 1.82) is 0 Å². The Balaban J connectivity index is 1.15. The van der Waals surface area contributed by atoms with Crippen LogP contribution in [-0.4, -0.2) is 44.1 Å². The smallest absolute Gasteiger partial charge is 0.311 e. The van der Waals surface area contributed by atoms with Crippen molar-refractivity contribution in [2.45, 2.75) is 31.7 Å². The molecule has 0 bridgehead atoms. The van der Waals surface area contributed by atoms with Gasteiger partial charge in [0.25, 0.3) is 5.91 Å². The highest BCUT2D eigenvalue weighted by atomic mass is 16.6. The third-order valence-electron chi connectivity index (χ3n) is 6.35. The molecule has 2 aromatic rings. The molecule has 8 nitrogen and oxygen atoms in total. The molecule has 1 N–H and O–H groups in total. The van der Waals surface area contributed by atoms with Gasteiger partial charge in [-0.3, -0.25) is 14.4 Å². The van der Waals surface area contributed by atoms with Crippen LogP contribution in [0.3, 0.4) is 0 Å². The zero-order chi connectivity index (χ0) is 22.8. The van der Waals surface area contributed by atoms with E-state index in [2.05, 4.69) is 11.4 Å². The average Bonchev–Trinajstić information content (AvgIpc) is 3.24. The molecule has 2 aliphatic heterocycles. The number of nitrogens with zero attached hydrogens (tertiary/aromatic N) is 1. The number of esters is 1. The Morgan fingerprint density at radius 3 is 2.79 bits per heavy atom. The van der Waals surface area contributed by atoms with Crippen molar-refractivity contribution in [3.05, 3.63) is 53.6 Å². The first-order valence-electron chi connectivity index (χ1n) is 11.3.